The number of aromatic nitrogens is 3. The number of anilines is 1. The van der Waals surface area contributed by atoms with E-state index < -0.39 is 23.1 Å². The SMILES string of the molecule is COc1cc2c(Oc3ccc(NC(=O)c4cc5cccnc5n(-c5ccc(F)cc5)c4=O)cc3F)ccnc2cc1OCCCN1CCC(C)CC1. The van der Waals surface area contributed by atoms with Gasteiger partial charge in [-0.1, -0.05) is 6.92 Å². The number of likely N-dealkylation sites (tertiary alicyclic amines) is 1. The van der Waals surface area contributed by atoms with Gasteiger partial charge in [0.25, 0.3) is 11.5 Å². The molecule has 0 atom stereocenters. The number of nitrogens with zero attached hydrogens (tertiary/aromatic N) is 4. The van der Waals surface area contributed by atoms with Gasteiger partial charge in [0.2, 0.25) is 0 Å². The summed E-state index contributed by atoms with van der Waals surface area (Å²) < 4.78 is 48.1. The molecule has 1 aliphatic rings. The van der Waals surface area contributed by atoms with E-state index in [1.54, 1.807) is 43.6 Å². The van der Waals surface area contributed by atoms with Crippen LogP contribution in [0.2, 0.25) is 0 Å². The van der Waals surface area contributed by atoms with Crippen molar-refractivity contribution in [2.24, 2.45) is 5.92 Å². The second kappa shape index (κ2) is 15.2. The normalized spacial score (nSPS) is 13.7. The number of hydrogen-bond acceptors (Lipinski definition) is 8. The van der Waals surface area contributed by atoms with Crippen LogP contribution in [-0.4, -0.2) is 58.7 Å². The quantitative estimate of drug-likeness (QED) is 0.136. The van der Waals surface area contributed by atoms with E-state index in [9.17, 15) is 14.0 Å². The summed E-state index contributed by atoms with van der Waals surface area (Å²) in [6.45, 7) is 6.05. The third kappa shape index (κ3) is 7.42. The maximum Gasteiger partial charge on any atom is 0.269 e. The van der Waals surface area contributed by atoms with Gasteiger partial charge < -0.3 is 24.4 Å². The van der Waals surface area contributed by atoms with Crippen molar-refractivity contribution < 1.29 is 27.8 Å². The summed E-state index contributed by atoms with van der Waals surface area (Å²) >= 11 is 0. The number of nitrogens with one attached hydrogen (secondary N) is 1. The predicted octanol–water partition coefficient (Wildman–Crippen LogP) is 7.77. The van der Waals surface area contributed by atoms with Crippen molar-refractivity contribution in [3.05, 3.63) is 119 Å². The molecule has 3 aromatic heterocycles. The molecule has 0 radical (unpaired) electrons. The fraction of sp³-hybridized carbons (Fsp3) is 0.250. The molecule has 3 aromatic carbocycles. The van der Waals surface area contributed by atoms with Gasteiger partial charge in [-0.25, -0.2) is 13.8 Å². The molecule has 1 amide bonds. The Morgan fingerprint density at radius 2 is 1.71 bits per heavy atom. The number of carbonyl (C=O) groups is 1. The Morgan fingerprint density at radius 3 is 2.48 bits per heavy atom. The van der Waals surface area contributed by atoms with E-state index in [-0.39, 0.29) is 17.0 Å². The summed E-state index contributed by atoms with van der Waals surface area (Å²) in [5.74, 6) is 0.123. The molecule has 1 aliphatic heterocycles. The average Bonchev–Trinajstić information content (AvgIpc) is 3.15. The molecule has 0 unspecified atom stereocenters. The van der Waals surface area contributed by atoms with Crippen molar-refractivity contribution in [2.75, 3.05) is 38.7 Å². The van der Waals surface area contributed by atoms with Crippen LogP contribution in [0.25, 0.3) is 27.6 Å². The zero-order chi connectivity index (χ0) is 36.2. The van der Waals surface area contributed by atoms with Crippen molar-refractivity contribution in [3.63, 3.8) is 0 Å². The lowest BCUT2D eigenvalue weighted by Gasteiger charge is -2.30. The van der Waals surface area contributed by atoms with Crippen LogP contribution in [0, 0.1) is 17.6 Å². The Morgan fingerprint density at radius 1 is 0.904 bits per heavy atom. The van der Waals surface area contributed by atoms with E-state index in [0.29, 0.717) is 51.5 Å². The van der Waals surface area contributed by atoms with Gasteiger partial charge in [-0.3, -0.25) is 19.1 Å². The summed E-state index contributed by atoms with van der Waals surface area (Å²) in [5, 5.41) is 3.70. The van der Waals surface area contributed by atoms with E-state index in [1.165, 1.54) is 66.1 Å². The van der Waals surface area contributed by atoms with Crippen molar-refractivity contribution in [3.8, 4) is 28.7 Å². The molecule has 7 rings (SSSR count). The van der Waals surface area contributed by atoms with Crippen molar-refractivity contribution >= 4 is 33.5 Å². The first-order valence-corrected chi connectivity index (χ1v) is 17.1. The minimum atomic E-state index is -0.758. The highest BCUT2D eigenvalue weighted by Gasteiger charge is 2.20. The predicted molar refractivity (Wildman–Crippen MR) is 195 cm³/mol. The van der Waals surface area contributed by atoms with Crippen LogP contribution in [0.15, 0.2) is 96.1 Å². The summed E-state index contributed by atoms with van der Waals surface area (Å²) in [5.41, 5.74) is 0.442. The van der Waals surface area contributed by atoms with E-state index in [1.807, 2.05) is 0 Å². The molecular weight excluding hydrogens is 668 g/mol. The van der Waals surface area contributed by atoms with E-state index >= 15 is 4.39 Å². The third-order valence-corrected chi connectivity index (χ3v) is 9.24. The minimum Gasteiger partial charge on any atom is -0.493 e. The molecule has 1 fully saturated rings. The minimum absolute atomic E-state index is 0.0904. The van der Waals surface area contributed by atoms with Crippen LogP contribution in [0.3, 0.4) is 0 Å². The summed E-state index contributed by atoms with van der Waals surface area (Å²) in [6, 6.07) is 19.2. The zero-order valence-corrected chi connectivity index (χ0v) is 28.8. The lowest BCUT2D eigenvalue weighted by atomic mass is 9.99. The number of benzene rings is 3. The molecule has 12 heteroatoms. The summed E-state index contributed by atoms with van der Waals surface area (Å²) in [6.07, 6.45) is 6.43. The summed E-state index contributed by atoms with van der Waals surface area (Å²) in [7, 11) is 1.55. The van der Waals surface area contributed by atoms with Gasteiger partial charge in [0.1, 0.15) is 22.8 Å². The van der Waals surface area contributed by atoms with Gasteiger partial charge in [0, 0.05) is 47.5 Å². The molecule has 6 aromatic rings. The molecule has 52 heavy (non-hydrogen) atoms. The van der Waals surface area contributed by atoms with E-state index in [4.69, 9.17) is 14.2 Å². The number of carbonyl (C=O) groups excluding carboxylic acids is 1. The number of hydrogen-bond donors (Lipinski definition) is 1. The molecule has 1 saturated heterocycles. The number of halogens is 2. The number of rotatable bonds is 11. The van der Waals surface area contributed by atoms with Gasteiger partial charge in [0.05, 0.1) is 24.9 Å². The van der Waals surface area contributed by atoms with Crippen LogP contribution in [0.5, 0.6) is 23.0 Å². The molecule has 0 saturated carbocycles. The fourth-order valence-electron chi connectivity index (χ4n) is 6.36. The van der Waals surface area contributed by atoms with Gasteiger partial charge in [-0.2, -0.15) is 0 Å². The van der Waals surface area contributed by atoms with Gasteiger partial charge in [-0.15, -0.1) is 0 Å². The average molecular weight is 706 g/mol. The number of ether oxygens (including phenoxy) is 3. The summed E-state index contributed by atoms with van der Waals surface area (Å²) in [4.78, 5) is 38.2. The fourth-order valence-corrected chi connectivity index (χ4v) is 6.36. The highest BCUT2D eigenvalue weighted by atomic mass is 19.1. The first kappa shape index (κ1) is 34.6. The highest BCUT2D eigenvalue weighted by Crippen LogP contribution is 2.38. The Labute approximate surface area is 298 Å². The molecule has 0 spiro atoms. The molecule has 4 heterocycles. The van der Waals surface area contributed by atoms with E-state index in [0.717, 1.165) is 38.0 Å². The number of pyridine rings is 3. The lowest BCUT2D eigenvalue weighted by Crippen LogP contribution is -2.34. The van der Waals surface area contributed by atoms with Crippen molar-refractivity contribution in [2.45, 2.75) is 26.2 Å². The van der Waals surface area contributed by atoms with Crippen LogP contribution in [-0.2, 0) is 0 Å². The second-order valence-corrected chi connectivity index (χ2v) is 12.8. The van der Waals surface area contributed by atoms with Crippen LogP contribution < -0.4 is 25.1 Å². The third-order valence-electron chi connectivity index (χ3n) is 9.24. The number of piperidine rings is 1. The monoisotopic (exact) mass is 705 g/mol. The van der Waals surface area contributed by atoms with Gasteiger partial charge >= 0.3 is 0 Å². The number of amides is 1. The molecule has 0 aliphatic carbocycles. The number of fused-ring (bicyclic) bond motifs is 2. The molecule has 10 nitrogen and oxygen atoms in total. The molecule has 1 N–H and O–H groups in total. The Bertz CT molecular complexity index is 2310. The maximum atomic E-state index is 15.5. The topological polar surface area (TPSA) is 108 Å². The Hall–Kier alpha value is -5.88. The van der Waals surface area contributed by atoms with Crippen LogP contribution in [0.4, 0.5) is 14.5 Å². The first-order valence-electron chi connectivity index (χ1n) is 17.1. The van der Waals surface area contributed by atoms with Crippen molar-refractivity contribution in [1.29, 1.82) is 0 Å². The van der Waals surface area contributed by atoms with Crippen LogP contribution >= 0.6 is 0 Å². The largest absolute Gasteiger partial charge is 0.493 e. The van der Waals surface area contributed by atoms with E-state index in [2.05, 4.69) is 27.1 Å². The second-order valence-electron chi connectivity index (χ2n) is 12.8. The molecule has 0 bridgehead atoms. The molecule has 266 valence electrons. The van der Waals surface area contributed by atoms with Gasteiger partial charge in [-0.05, 0) is 105 Å². The highest BCUT2D eigenvalue weighted by molar-refractivity contribution is 6.05. The van der Waals surface area contributed by atoms with Crippen LogP contribution in [0.1, 0.15) is 36.5 Å². The lowest BCUT2D eigenvalue weighted by molar-refractivity contribution is 0.102. The first-order chi connectivity index (χ1) is 25.3. The Balaban J connectivity index is 1.07. The smallest absolute Gasteiger partial charge is 0.269 e. The maximum absolute atomic E-state index is 15.5. The van der Waals surface area contributed by atoms with Crippen molar-refractivity contribution in [1.82, 2.24) is 19.4 Å². The Kier molecular flexibility index (Phi) is 10.1. The zero-order valence-electron chi connectivity index (χ0n) is 28.8. The number of methoxy groups -OCH3 is 1. The molecular formula is C40H37F2N5O5. The standard InChI is InChI=1S/C40H37F2N5O5/c1-25-13-18-46(19-14-25)17-4-20-51-37-24-33-30(23-36(37)50-2)34(12-16-43-33)52-35-11-8-28(22-32(35)42)45-39(48)31-21-26-5-3-15-44-38(26)47(40(31)49)29-9-6-27(41)7-10-29/h3,5-12,15-16,21-25H,4,13-14,17-20H2,1-2H3,(H,45,48). The van der Waals surface area contributed by atoms with Gasteiger partial charge in [0.15, 0.2) is 23.1 Å².